The van der Waals surface area contributed by atoms with Crippen LogP contribution in [0.3, 0.4) is 0 Å². The van der Waals surface area contributed by atoms with Crippen LogP contribution in [-0.2, 0) is 9.93 Å². The molecule has 0 unspecified atom stereocenters. The minimum absolute atomic E-state index is 0.229. The van der Waals surface area contributed by atoms with Gasteiger partial charge in [0.2, 0.25) is 0 Å². The van der Waals surface area contributed by atoms with Crippen LogP contribution in [0.1, 0.15) is 0 Å². The Labute approximate surface area is 44.3 Å². The number of hydrogen-bond acceptors (Lipinski definition) is 1. The number of halogens is 1. The lowest BCUT2D eigenvalue weighted by atomic mass is 10.9. The average Bonchev–Trinajstić information content (AvgIpc) is 1.30. The van der Waals surface area contributed by atoms with Crippen molar-refractivity contribution in [1.82, 2.24) is 0 Å². The van der Waals surface area contributed by atoms with Crippen molar-refractivity contribution in [3.8, 4) is 0 Å². The lowest BCUT2D eigenvalue weighted by Crippen LogP contribution is -2.12. The van der Waals surface area contributed by atoms with Gasteiger partial charge < -0.3 is 0 Å². The summed E-state index contributed by atoms with van der Waals surface area (Å²) in [5.41, 5.74) is 0. The first-order valence-electron chi connectivity index (χ1n) is 2.16. The third-order valence-electron chi connectivity index (χ3n) is 0.623. The fourth-order valence-electron chi connectivity index (χ4n) is 0.204. The SMILES string of the molecule is C[SH](C)(=O)CCF. The number of alkyl halides is 1. The van der Waals surface area contributed by atoms with Crippen LogP contribution in [0.15, 0.2) is 0 Å². The third-order valence-corrected chi connectivity index (χ3v) is 1.87. The first-order chi connectivity index (χ1) is 3.06. The molecular weight excluding hydrogens is 115 g/mol. The van der Waals surface area contributed by atoms with E-state index < -0.39 is 16.6 Å². The maximum absolute atomic E-state index is 11.3. The van der Waals surface area contributed by atoms with E-state index in [1.165, 1.54) is 0 Å². The lowest BCUT2D eigenvalue weighted by molar-refractivity contribution is 0.527. The summed E-state index contributed by atoms with van der Waals surface area (Å²) in [6, 6.07) is 0. The Morgan fingerprint density at radius 2 is 2.00 bits per heavy atom. The van der Waals surface area contributed by atoms with Gasteiger partial charge in [-0.25, -0.2) is 0 Å². The minimum atomic E-state index is -2.04. The van der Waals surface area contributed by atoms with Crippen LogP contribution in [0.2, 0.25) is 0 Å². The second-order valence-electron chi connectivity index (χ2n) is 1.99. The average molecular weight is 126 g/mol. The molecule has 7 heavy (non-hydrogen) atoms. The molecule has 46 valence electrons. The van der Waals surface area contributed by atoms with E-state index >= 15 is 0 Å². The van der Waals surface area contributed by atoms with Gasteiger partial charge in [-0.2, -0.15) is 0 Å². The van der Waals surface area contributed by atoms with Gasteiger partial charge in [0.05, 0.1) is 6.67 Å². The van der Waals surface area contributed by atoms with Crippen LogP contribution in [-0.4, -0.2) is 29.1 Å². The highest BCUT2D eigenvalue weighted by atomic mass is 32.2. The topological polar surface area (TPSA) is 17.1 Å². The molecule has 0 radical (unpaired) electrons. The molecule has 0 fully saturated rings. The van der Waals surface area contributed by atoms with Crippen LogP contribution >= 0.6 is 0 Å². The van der Waals surface area contributed by atoms with E-state index in [0.29, 0.717) is 0 Å². The molecule has 0 aromatic heterocycles. The third kappa shape index (κ3) is 6.08. The van der Waals surface area contributed by atoms with Crippen LogP contribution in [0.25, 0.3) is 0 Å². The van der Waals surface area contributed by atoms with Crippen molar-refractivity contribution in [1.29, 1.82) is 0 Å². The zero-order valence-electron chi connectivity index (χ0n) is 4.65. The van der Waals surface area contributed by atoms with Gasteiger partial charge in [0.15, 0.2) is 0 Å². The zero-order valence-corrected chi connectivity index (χ0v) is 5.54. The van der Waals surface area contributed by atoms with Crippen LogP contribution in [0, 0.1) is 0 Å². The van der Waals surface area contributed by atoms with Crippen molar-refractivity contribution < 1.29 is 8.60 Å². The maximum Gasteiger partial charge on any atom is 0.0990 e. The summed E-state index contributed by atoms with van der Waals surface area (Å²) >= 11 is 0. The van der Waals surface area contributed by atoms with Crippen molar-refractivity contribution in [3.63, 3.8) is 0 Å². The van der Waals surface area contributed by atoms with Gasteiger partial charge in [-0.15, -0.1) is 9.93 Å². The van der Waals surface area contributed by atoms with Gasteiger partial charge in [0.1, 0.15) is 0 Å². The van der Waals surface area contributed by atoms with Crippen molar-refractivity contribution in [2.24, 2.45) is 0 Å². The lowest BCUT2D eigenvalue weighted by Gasteiger charge is -2.05. The van der Waals surface area contributed by atoms with Gasteiger partial charge in [-0.1, -0.05) is 0 Å². The van der Waals surface area contributed by atoms with Gasteiger partial charge in [0.25, 0.3) is 0 Å². The van der Waals surface area contributed by atoms with Crippen LogP contribution in [0.4, 0.5) is 4.39 Å². The van der Waals surface area contributed by atoms with Gasteiger partial charge in [-0.05, 0) is 12.5 Å². The number of thiol groups is 1. The largest absolute Gasteiger partial charge is 0.285 e. The Bertz CT molecular complexity index is 85.7. The first kappa shape index (κ1) is 7.08. The molecular formula is C4H11FOS. The van der Waals surface area contributed by atoms with E-state index in [1.54, 1.807) is 12.5 Å². The fraction of sp³-hybridized carbons (Fsp3) is 1.00. The number of rotatable bonds is 2. The molecule has 0 saturated heterocycles. The zero-order chi connectivity index (χ0) is 5.91. The Balaban J connectivity index is 3.36. The Kier molecular flexibility index (Phi) is 2.43. The first-order valence-corrected chi connectivity index (χ1v) is 4.95. The van der Waals surface area contributed by atoms with Gasteiger partial charge in [0, 0.05) is 5.75 Å². The van der Waals surface area contributed by atoms with Crippen molar-refractivity contribution in [3.05, 3.63) is 0 Å². The van der Waals surface area contributed by atoms with Crippen molar-refractivity contribution in [2.45, 2.75) is 0 Å². The van der Waals surface area contributed by atoms with E-state index in [0.717, 1.165) is 0 Å². The predicted molar refractivity (Wildman–Crippen MR) is 32.2 cm³/mol. The van der Waals surface area contributed by atoms with E-state index in [2.05, 4.69) is 0 Å². The molecule has 0 saturated carbocycles. The molecule has 0 heterocycles. The van der Waals surface area contributed by atoms with Crippen LogP contribution < -0.4 is 0 Å². The fourth-order valence-corrected chi connectivity index (χ4v) is 0.611. The van der Waals surface area contributed by atoms with Gasteiger partial charge >= 0.3 is 0 Å². The summed E-state index contributed by atoms with van der Waals surface area (Å²) in [5.74, 6) is 0.229. The quantitative estimate of drug-likeness (QED) is 0.524. The van der Waals surface area contributed by atoms with Gasteiger partial charge in [-0.3, -0.25) is 8.60 Å². The molecule has 0 amide bonds. The Morgan fingerprint density at radius 1 is 1.57 bits per heavy atom. The highest BCUT2D eigenvalue weighted by Gasteiger charge is 1.96. The molecule has 0 aliphatic heterocycles. The standard InChI is InChI=1S/C4H11FOS/c1-7(2,6)4-3-5/h7H,3-4H2,1-2H3. The molecule has 0 aliphatic rings. The molecule has 3 heteroatoms. The second-order valence-corrected chi connectivity index (χ2v) is 5.58. The molecule has 0 rings (SSSR count). The molecule has 0 spiro atoms. The molecule has 0 aromatic carbocycles. The van der Waals surface area contributed by atoms with Crippen molar-refractivity contribution >= 4 is 9.93 Å². The van der Waals surface area contributed by atoms with E-state index in [4.69, 9.17) is 0 Å². The highest BCUT2D eigenvalue weighted by Crippen LogP contribution is 1.90. The predicted octanol–water partition coefficient (Wildman–Crippen LogP) is 0.232. The molecule has 0 aromatic rings. The van der Waals surface area contributed by atoms with E-state index in [-0.39, 0.29) is 5.75 Å². The highest BCUT2D eigenvalue weighted by molar-refractivity contribution is 8.01. The summed E-state index contributed by atoms with van der Waals surface area (Å²) < 4.78 is 21.9. The maximum atomic E-state index is 11.3. The summed E-state index contributed by atoms with van der Waals surface area (Å²) in [7, 11) is -2.04. The van der Waals surface area contributed by atoms with Crippen LogP contribution in [0.5, 0.6) is 0 Å². The van der Waals surface area contributed by atoms with E-state index in [9.17, 15) is 8.60 Å². The normalized spacial score (nSPS) is 14.1. The summed E-state index contributed by atoms with van der Waals surface area (Å²) in [6.45, 7) is -0.454. The Morgan fingerprint density at radius 3 is 2.00 bits per heavy atom. The Hall–Kier alpha value is 0.0800. The molecule has 0 N–H and O–H groups in total. The molecule has 1 nitrogen and oxygen atoms in total. The molecule has 0 bridgehead atoms. The second kappa shape index (κ2) is 2.40. The molecule has 0 atom stereocenters. The number of hydrogen-bond donors (Lipinski definition) is 1. The summed E-state index contributed by atoms with van der Waals surface area (Å²) in [6.07, 6.45) is 3.18. The minimum Gasteiger partial charge on any atom is -0.285 e. The summed E-state index contributed by atoms with van der Waals surface area (Å²) in [5, 5.41) is 0. The summed E-state index contributed by atoms with van der Waals surface area (Å²) in [4.78, 5) is 0. The monoisotopic (exact) mass is 126 g/mol. The van der Waals surface area contributed by atoms with E-state index in [1.807, 2.05) is 0 Å². The molecule has 0 aliphatic carbocycles. The van der Waals surface area contributed by atoms with Crippen molar-refractivity contribution in [2.75, 3.05) is 24.9 Å². The smallest absolute Gasteiger partial charge is 0.0990 e.